The molecule has 0 saturated carbocycles. The molecular formula is C33H38N6O. The lowest BCUT2D eigenvalue weighted by molar-refractivity contribution is 0.108. The van der Waals surface area contributed by atoms with Crippen molar-refractivity contribution in [3.05, 3.63) is 112 Å². The van der Waals surface area contributed by atoms with Gasteiger partial charge in [0.2, 0.25) is 5.78 Å². The second-order valence-electron chi connectivity index (χ2n) is 10.9. The first-order chi connectivity index (χ1) is 19.6. The maximum atomic E-state index is 13.6. The molecular weight excluding hydrogens is 496 g/mol. The molecule has 0 unspecified atom stereocenters. The van der Waals surface area contributed by atoms with Crippen molar-refractivity contribution in [1.29, 1.82) is 0 Å². The minimum absolute atomic E-state index is 0.0278. The highest BCUT2D eigenvalue weighted by atomic mass is 16.1. The Bertz CT molecular complexity index is 1600. The van der Waals surface area contributed by atoms with E-state index >= 15 is 0 Å². The maximum Gasteiger partial charge on any atom is 0.262 e. The molecule has 0 amide bonds. The molecule has 0 bridgehead atoms. The lowest BCUT2D eigenvalue weighted by Crippen LogP contribution is -2.48. The van der Waals surface area contributed by atoms with E-state index in [2.05, 4.69) is 98.1 Å². The van der Waals surface area contributed by atoms with Gasteiger partial charge in [0.05, 0.1) is 16.9 Å². The highest BCUT2D eigenvalue weighted by molar-refractivity contribution is 5.81. The van der Waals surface area contributed by atoms with Crippen molar-refractivity contribution in [2.45, 2.75) is 45.7 Å². The van der Waals surface area contributed by atoms with Gasteiger partial charge in [-0.15, -0.1) is 10.2 Å². The van der Waals surface area contributed by atoms with Gasteiger partial charge in [-0.25, -0.2) is 0 Å². The van der Waals surface area contributed by atoms with Crippen molar-refractivity contribution >= 4 is 16.7 Å². The Morgan fingerprint density at radius 1 is 0.825 bits per heavy atom. The van der Waals surface area contributed by atoms with E-state index < -0.39 is 0 Å². The van der Waals surface area contributed by atoms with E-state index in [1.807, 2.05) is 23.6 Å². The fourth-order valence-corrected chi connectivity index (χ4v) is 6.15. The topological polar surface area (TPSA) is 58.7 Å². The number of aryl methyl sites for hydroxylation is 3. The van der Waals surface area contributed by atoms with Crippen LogP contribution in [-0.2, 0) is 13.0 Å². The fraction of sp³-hybridized carbons (Fsp3) is 0.364. The number of hydrogen-bond donors (Lipinski definition) is 0. The number of aromatic nitrogens is 4. The van der Waals surface area contributed by atoms with Gasteiger partial charge in [0.15, 0.2) is 0 Å². The van der Waals surface area contributed by atoms with Crippen LogP contribution in [0.2, 0.25) is 0 Å². The second-order valence-corrected chi connectivity index (χ2v) is 10.9. The minimum Gasteiger partial charge on any atom is -0.301 e. The van der Waals surface area contributed by atoms with Gasteiger partial charge in [-0.2, -0.15) is 0 Å². The van der Waals surface area contributed by atoms with Crippen LogP contribution in [0.4, 0.5) is 0 Å². The smallest absolute Gasteiger partial charge is 0.262 e. The molecule has 0 spiro atoms. The normalized spacial score (nSPS) is 15.0. The van der Waals surface area contributed by atoms with Crippen LogP contribution in [0.1, 0.15) is 48.3 Å². The zero-order chi connectivity index (χ0) is 27.5. The molecule has 1 saturated heterocycles. The van der Waals surface area contributed by atoms with Crippen LogP contribution in [0, 0.1) is 6.92 Å². The molecule has 1 aliphatic rings. The van der Waals surface area contributed by atoms with Crippen molar-refractivity contribution < 1.29 is 0 Å². The summed E-state index contributed by atoms with van der Waals surface area (Å²) < 4.78 is 3.93. The quantitative estimate of drug-likeness (QED) is 0.263. The molecule has 3 heterocycles. The largest absolute Gasteiger partial charge is 0.301 e. The molecule has 2 aromatic heterocycles. The van der Waals surface area contributed by atoms with E-state index in [9.17, 15) is 4.79 Å². The number of piperazine rings is 1. The van der Waals surface area contributed by atoms with Crippen LogP contribution in [0.5, 0.6) is 0 Å². The molecule has 1 aliphatic heterocycles. The number of rotatable bonds is 9. The number of nitrogens with zero attached hydrogens (tertiary/aromatic N) is 6. The van der Waals surface area contributed by atoms with Crippen LogP contribution in [0.15, 0.2) is 83.7 Å². The molecule has 5 aromatic rings. The van der Waals surface area contributed by atoms with Gasteiger partial charge < -0.3 is 4.90 Å². The second kappa shape index (κ2) is 11.7. The first kappa shape index (κ1) is 26.4. The molecule has 206 valence electrons. The molecule has 0 atom stereocenters. The van der Waals surface area contributed by atoms with Crippen LogP contribution in [0.25, 0.3) is 16.7 Å². The third-order valence-electron chi connectivity index (χ3n) is 8.16. The van der Waals surface area contributed by atoms with E-state index in [0.29, 0.717) is 12.3 Å². The first-order valence-electron chi connectivity index (χ1n) is 14.6. The van der Waals surface area contributed by atoms with Gasteiger partial charge in [-0.1, -0.05) is 79.2 Å². The predicted molar refractivity (Wildman–Crippen MR) is 161 cm³/mol. The minimum atomic E-state index is 0.0278. The van der Waals surface area contributed by atoms with Gasteiger partial charge in [0.25, 0.3) is 5.56 Å². The summed E-state index contributed by atoms with van der Waals surface area (Å²) in [5.41, 5.74) is 4.70. The average molecular weight is 535 g/mol. The van der Waals surface area contributed by atoms with Crippen molar-refractivity contribution in [3.63, 3.8) is 0 Å². The fourth-order valence-electron chi connectivity index (χ4n) is 6.15. The lowest BCUT2D eigenvalue weighted by Gasteiger charge is -2.39. The molecule has 0 radical (unpaired) electrons. The lowest BCUT2D eigenvalue weighted by atomic mass is 9.96. The summed E-state index contributed by atoms with van der Waals surface area (Å²) in [7, 11) is 0. The SMILES string of the molecule is CCCc1nnc2n(CCCN3CCN(C(c4ccccc4)c4ccccc4)CC3)c(=O)c3cc(C)ccc3n12. The Balaban J connectivity index is 1.16. The average Bonchev–Trinajstić information content (AvgIpc) is 3.40. The van der Waals surface area contributed by atoms with E-state index in [1.165, 1.54) is 11.1 Å². The molecule has 7 heteroatoms. The summed E-state index contributed by atoms with van der Waals surface area (Å²) in [6, 6.07) is 28.0. The molecule has 1 fully saturated rings. The molecule has 3 aromatic carbocycles. The monoisotopic (exact) mass is 534 g/mol. The van der Waals surface area contributed by atoms with Crippen molar-refractivity contribution in [2.75, 3.05) is 32.7 Å². The molecule has 40 heavy (non-hydrogen) atoms. The Hall–Kier alpha value is -3.81. The van der Waals surface area contributed by atoms with E-state index in [0.717, 1.165) is 74.3 Å². The maximum absolute atomic E-state index is 13.6. The zero-order valence-electron chi connectivity index (χ0n) is 23.5. The predicted octanol–water partition coefficient (Wildman–Crippen LogP) is 5.10. The standard InChI is InChI=1S/C33H38N6O/c1-3-11-30-34-35-33-38(32(40)28-24-25(2)16-17-29(28)39(30)33)19-10-18-36-20-22-37(23-21-36)31(26-12-6-4-7-13-26)27-14-8-5-9-15-27/h4-9,12-17,24,31H,3,10-11,18-23H2,1-2H3. The summed E-state index contributed by atoms with van der Waals surface area (Å²) in [5, 5.41) is 9.69. The van der Waals surface area contributed by atoms with Crippen LogP contribution < -0.4 is 5.56 Å². The summed E-state index contributed by atoms with van der Waals surface area (Å²) in [6.45, 7) is 9.82. The zero-order valence-corrected chi connectivity index (χ0v) is 23.5. The van der Waals surface area contributed by atoms with Crippen LogP contribution >= 0.6 is 0 Å². The first-order valence-corrected chi connectivity index (χ1v) is 14.6. The summed E-state index contributed by atoms with van der Waals surface area (Å²) in [5.74, 6) is 1.57. The van der Waals surface area contributed by atoms with E-state index in [1.54, 1.807) is 0 Å². The highest BCUT2D eigenvalue weighted by Gasteiger charge is 2.26. The summed E-state index contributed by atoms with van der Waals surface area (Å²) in [6.07, 6.45) is 2.71. The molecule has 0 aliphatic carbocycles. The number of fused-ring (bicyclic) bond motifs is 3. The van der Waals surface area contributed by atoms with Crippen LogP contribution in [0.3, 0.4) is 0 Å². The van der Waals surface area contributed by atoms with Crippen molar-refractivity contribution in [2.24, 2.45) is 0 Å². The van der Waals surface area contributed by atoms with E-state index in [-0.39, 0.29) is 11.6 Å². The van der Waals surface area contributed by atoms with E-state index in [4.69, 9.17) is 0 Å². The van der Waals surface area contributed by atoms with Crippen molar-refractivity contribution in [1.82, 2.24) is 29.0 Å². The van der Waals surface area contributed by atoms with Gasteiger partial charge in [0.1, 0.15) is 5.82 Å². The molecule has 0 N–H and O–H groups in total. The third-order valence-corrected chi connectivity index (χ3v) is 8.16. The Morgan fingerprint density at radius 2 is 1.50 bits per heavy atom. The highest BCUT2D eigenvalue weighted by Crippen LogP contribution is 2.29. The summed E-state index contributed by atoms with van der Waals surface area (Å²) in [4.78, 5) is 18.7. The van der Waals surface area contributed by atoms with Crippen LogP contribution in [-0.4, -0.2) is 61.7 Å². The third kappa shape index (κ3) is 5.19. The molecule has 6 rings (SSSR count). The Kier molecular flexibility index (Phi) is 7.75. The van der Waals surface area contributed by atoms with Crippen molar-refractivity contribution in [3.8, 4) is 0 Å². The molecule has 7 nitrogen and oxygen atoms in total. The Labute approximate surface area is 235 Å². The van der Waals surface area contributed by atoms with Gasteiger partial charge >= 0.3 is 0 Å². The number of hydrogen-bond acceptors (Lipinski definition) is 5. The Morgan fingerprint density at radius 3 is 2.15 bits per heavy atom. The van der Waals surface area contributed by atoms with Gasteiger partial charge in [0, 0.05) is 39.1 Å². The summed E-state index contributed by atoms with van der Waals surface area (Å²) >= 11 is 0. The number of benzene rings is 3. The van der Waals surface area contributed by atoms with Gasteiger partial charge in [-0.05, 0) is 49.6 Å². The van der Waals surface area contributed by atoms with Gasteiger partial charge in [-0.3, -0.25) is 18.7 Å².